The molecule has 0 heterocycles. The number of carbonyl (C=O) groups is 2. The molecule has 0 bridgehead atoms. The number of rotatable bonds is 5. The smallest absolute Gasteiger partial charge is 0.363 e. The van der Waals surface area contributed by atoms with Gasteiger partial charge in [-0.2, -0.15) is 0 Å². The largest absolute Gasteiger partial charge is 0.460 e. The molecule has 8 heteroatoms. The van der Waals surface area contributed by atoms with Crippen molar-refractivity contribution in [3.63, 3.8) is 0 Å². The first-order chi connectivity index (χ1) is 10.1. The summed E-state index contributed by atoms with van der Waals surface area (Å²) in [5, 5.41) is 10.7. The Kier molecular flexibility index (Phi) is 6.59. The third kappa shape index (κ3) is 6.85. The van der Waals surface area contributed by atoms with Gasteiger partial charge in [-0.25, -0.2) is 9.79 Å². The van der Waals surface area contributed by atoms with Gasteiger partial charge in [0.1, 0.15) is 17.1 Å². The molecule has 0 radical (unpaired) electrons. The van der Waals surface area contributed by atoms with Gasteiger partial charge >= 0.3 is 11.9 Å². The van der Waals surface area contributed by atoms with E-state index in [9.17, 15) is 14.7 Å². The number of hydrogen-bond acceptors (Lipinski definition) is 6. The van der Waals surface area contributed by atoms with Crippen molar-refractivity contribution >= 4 is 17.9 Å². The van der Waals surface area contributed by atoms with E-state index in [1.54, 1.807) is 48.5 Å². The molecule has 0 aliphatic rings. The van der Waals surface area contributed by atoms with E-state index < -0.39 is 40.7 Å². The van der Waals surface area contributed by atoms with E-state index in [1.165, 1.54) is 0 Å². The monoisotopic (exact) mass is 331 g/mol. The van der Waals surface area contributed by atoms with E-state index in [0.29, 0.717) is 0 Å². The summed E-state index contributed by atoms with van der Waals surface area (Å²) >= 11 is 0. The summed E-state index contributed by atoms with van der Waals surface area (Å²) in [5.41, 5.74) is 6.38. The second-order valence-electron chi connectivity index (χ2n) is 7.26. The lowest BCUT2D eigenvalue weighted by Gasteiger charge is -2.33. The fraction of sp³-hybridized carbons (Fsp3) is 0.800. The first-order valence-electron chi connectivity index (χ1n) is 7.42. The summed E-state index contributed by atoms with van der Waals surface area (Å²) in [6, 6.07) is 0. The SMILES string of the molecule is CCC(C(=O)OC(C)(C)C)C(O)(N=C(N)N)C(=O)OC(C)(C)C. The van der Waals surface area contributed by atoms with Crippen molar-refractivity contribution in [3.05, 3.63) is 0 Å². The molecule has 2 unspecified atom stereocenters. The quantitative estimate of drug-likeness (QED) is 0.382. The minimum absolute atomic E-state index is 0.0709. The number of aliphatic hydroxyl groups is 1. The van der Waals surface area contributed by atoms with Gasteiger partial charge in [0.15, 0.2) is 5.96 Å². The molecule has 2 atom stereocenters. The summed E-state index contributed by atoms with van der Waals surface area (Å²) in [6.45, 7) is 11.5. The molecular formula is C15H29N3O5. The van der Waals surface area contributed by atoms with E-state index in [1.807, 2.05) is 0 Å². The summed E-state index contributed by atoms with van der Waals surface area (Å²) in [7, 11) is 0. The molecule has 0 fully saturated rings. The van der Waals surface area contributed by atoms with E-state index in [2.05, 4.69) is 4.99 Å². The van der Waals surface area contributed by atoms with Crippen LogP contribution in [0.2, 0.25) is 0 Å². The summed E-state index contributed by atoms with van der Waals surface area (Å²) in [6.07, 6.45) is 0.0709. The molecule has 0 aliphatic heterocycles. The average molecular weight is 331 g/mol. The number of nitrogens with two attached hydrogens (primary N) is 2. The van der Waals surface area contributed by atoms with Crippen LogP contribution in [-0.4, -0.2) is 39.9 Å². The molecule has 0 amide bonds. The Labute approximate surface area is 137 Å². The molecule has 0 aromatic heterocycles. The topological polar surface area (TPSA) is 137 Å². The lowest BCUT2D eigenvalue weighted by atomic mass is 9.92. The van der Waals surface area contributed by atoms with Gasteiger partial charge < -0.3 is 26.0 Å². The summed E-state index contributed by atoms with van der Waals surface area (Å²) < 4.78 is 10.4. The third-order valence-electron chi connectivity index (χ3n) is 2.58. The average Bonchev–Trinajstić information content (AvgIpc) is 2.23. The number of guanidine groups is 1. The molecule has 0 aromatic carbocycles. The fourth-order valence-electron chi connectivity index (χ4n) is 1.80. The summed E-state index contributed by atoms with van der Waals surface area (Å²) in [5.74, 6) is -3.76. The molecular weight excluding hydrogens is 302 g/mol. The van der Waals surface area contributed by atoms with Crippen molar-refractivity contribution in [2.24, 2.45) is 22.4 Å². The molecule has 5 N–H and O–H groups in total. The van der Waals surface area contributed by atoms with Crippen LogP contribution in [0.1, 0.15) is 54.9 Å². The zero-order valence-electron chi connectivity index (χ0n) is 15.0. The molecule has 0 rings (SSSR count). The predicted octanol–water partition coefficient (Wildman–Crippen LogP) is 0.658. The number of esters is 2. The van der Waals surface area contributed by atoms with Crippen LogP contribution < -0.4 is 11.5 Å². The number of carbonyl (C=O) groups excluding carboxylic acids is 2. The van der Waals surface area contributed by atoms with Gasteiger partial charge in [0.2, 0.25) is 0 Å². The molecule has 134 valence electrons. The minimum Gasteiger partial charge on any atom is -0.460 e. The van der Waals surface area contributed by atoms with E-state index in [0.717, 1.165) is 0 Å². The van der Waals surface area contributed by atoms with Crippen LogP contribution in [0.4, 0.5) is 0 Å². The molecule has 8 nitrogen and oxygen atoms in total. The minimum atomic E-state index is -2.55. The zero-order chi connectivity index (χ0) is 18.6. The maximum Gasteiger partial charge on any atom is 0.363 e. The Morgan fingerprint density at radius 2 is 1.48 bits per heavy atom. The molecule has 0 aliphatic carbocycles. The number of nitrogens with zero attached hydrogens (tertiary/aromatic N) is 1. The van der Waals surface area contributed by atoms with Crippen molar-refractivity contribution in [1.82, 2.24) is 0 Å². The second kappa shape index (κ2) is 7.16. The van der Waals surface area contributed by atoms with Crippen LogP contribution in [0, 0.1) is 5.92 Å². The van der Waals surface area contributed by atoms with Gasteiger partial charge in [-0.1, -0.05) is 6.92 Å². The van der Waals surface area contributed by atoms with Crippen LogP contribution in [0.15, 0.2) is 4.99 Å². The Bertz CT molecular complexity index is 472. The predicted molar refractivity (Wildman–Crippen MR) is 86.2 cm³/mol. The van der Waals surface area contributed by atoms with Gasteiger partial charge in [0.05, 0.1) is 0 Å². The molecule has 0 saturated carbocycles. The van der Waals surface area contributed by atoms with Crippen molar-refractivity contribution in [2.45, 2.75) is 71.8 Å². The van der Waals surface area contributed by atoms with Gasteiger partial charge in [0.25, 0.3) is 5.72 Å². The molecule has 0 saturated heterocycles. The Morgan fingerprint density at radius 3 is 1.78 bits per heavy atom. The molecule has 23 heavy (non-hydrogen) atoms. The highest BCUT2D eigenvalue weighted by Crippen LogP contribution is 2.29. The highest BCUT2D eigenvalue weighted by Gasteiger charge is 2.51. The number of ether oxygens (including phenoxy) is 2. The van der Waals surface area contributed by atoms with Crippen LogP contribution >= 0.6 is 0 Å². The Balaban J connectivity index is 5.79. The van der Waals surface area contributed by atoms with Crippen LogP contribution in [-0.2, 0) is 19.1 Å². The Hall–Kier alpha value is -1.83. The number of aliphatic imine (C=N–C) groups is 1. The standard InChI is InChI=1S/C15H29N3O5/c1-8-9(10(19)22-13(2,3)4)15(21,18-12(16)17)11(20)23-14(5,6)7/h9,21H,8H2,1-7H3,(H4,16,17,18). The van der Waals surface area contributed by atoms with Gasteiger partial charge in [0, 0.05) is 0 Å². The normalized spacial score (nSPS) is 16.0. The van der Waals surface area contributed by atoms with E-state index >= 15 is 0 Å². The fourth-order valence-corrected chi connectivity index (χ4v) is 1.80. The van der Waals surface area contributed by atoms with Crippen LogP contribution in [0.5, 0.6) is 0 Å². The molecule has 0 spiro atoms. The first-order valence-corrected chi connectivity index (χ1v) is 7.42. The summed E-state index contributed by atoms with van der Waals surface area (Å²) in [4.78, 5) is 28.3. The van der Waals surface area contributed by atoms with E-state index in [4.69, 9.17) is 20.9 Å². The van der Waals surface area contributed by atoms with Crippen molar-refractivity contribution in [3.8, 4) is 0 Å². The zero-order valence-corrected chi connectivity index (χ0v) is 15.0. The van der Waals surface area contributed by atoms with E-state index in [-0.39, 0.29) is 6.42 Å². The third-order valence-corrected chi connectivity index (χ3v) is 2.58. The second-order valence-corrected chi connectivity index (χ2v) is 7.26. The lowest BCUT2D eigenvalue weighted by molar-refractivity contribution is -0.193. The highest BCUT2D eigenvalue weighted by atomic mass is 16.6. The maximum absolute atomic E-state index is 12.4. The van der Waals surface area contributed by atoms with Crippen molar-refractivity contribution in [1.29, 1.82) is 0 Å². The first kappa shape index (κ1) is 21.2. The highest BCUT2D eigenvalue weighted by molar-refractivity contribution is 5.90. The van der Waals surface area contributed by atoms with Crippen molar-refractivity contribution in [2.75, 3.05) is 0 Å². The van der Waals surface area contributed by atoms with Crippen LogP contribution in [0.25, 0.3) is 0 Å². The molecule has 0 aromatic rings. The lowest BCUT2D eigenvalue weighted by Crippen LogP contribution is -2.53. The number of hydrogen-bond donors (Lipinski definition) is 3. The maximum atomic E-state index is 12.4. The van der Waals surface area contributed by atoms with Gasteiger partial charge in [-0.05, 0) is 48.0 Å². The van der Waals surface area contributed by atoms with Gasteiger partial charge in [-0.3, -0.25) is 4.79 Å². The van der Waals surface area contributed by atoms with Crippen molar-refractivity contribution < 1.29 is 24.2 Å². The van der Waals surface area contributed by atoms with Crippen LogP contribution in [0.3, 0.4) is 0 Å². The Morgan fingerprint density at radius 1 is 1.04 bits per heavy atom. The van der Waals surface area contributed by atoms with Gasteiger partial charge in [-0.15, -0.1) is 0 Å².